The zero-order valence-corrected chi connectivity index (χ0v) is 17.4. The predicted octanol–water partition coefficient (Wildman–Crippen LogP) is 3.48. The molecule has 3 aromatic rings. The van der Waals surface area contributed by atoms with Crippen molar-refractivity contribution in [3.05, 3.63) is 66.0 Å². The van der Waals surface area contributed by atoms with Crippen LogP contribution < -0.4 is 16.4 Å². The second-order valence-electron chi connectivity index (χ2n) is 6.39. The van der Waals surface area contributed by atoms with E-state index >= 15 is 0 Å². The standard InChI is InChI=1S/C21H23N4O3P/c1-14-5-7-15(8-6-14)18-13-23-20(22)19(25-18)21(26)24-16-9-11-17(12-10-16)29(4,27-2)28-3/h5-13H,4H2,1-3H3,(H2,22,23)(H,24,26). The van der Waals surface area contributed by atoms with E-state index in [1.165, 1.54) is 0 Å². The first-order valence-electron chi connectivity index (χ1n) is 8.82. The van der Waals surface area contributed by atoms with Gasteiger partial charge in [0.05, 0.1) is 11.9 Å². The number of nitrogens with two attached hydrogens (primary N) is 1. The van der Waals surface area contributed by atoms with Gasteiger partial charge < -0.3 is 20.1 Å². The van der Waals surface area contributed by atoms with E-state index in [9.17, 15) is 4.79 Å². The zero-order valence-electron chi connectivity index (χ0n) is 16.5. The molecule has 3 N–H and O–H groups in total. The van der Waals surface area contributed by atoms with E-state index in [0.29, 0.717) is 11.4 Å². The molecule has 0 saturated heterocycles. The Balaban J connectivity index is 1.83. The summed E-state index contributed by atoms with van der Waals surface area (Å²) in [7, 11) is 0.763. The normalized spacial score (nSPS) is 11.3. The molecular weight excluding hydrogens is 387 g/mol. The van der Waals surface area contributed by atoms with Gasteiger partial charge in [0.15, 0.2) is 11.5 Å². The Morgan fingerprint density at radius 3 is 2.28 bits per heavy atom. The number of aryl methyl sites for hydroxylation is 1. The van der Waals surface area contributed by atoms with Gasteiger partial charge in [0.2, 0.25) is 0 Å². The van der Waals surface area contributed by atoms with E-state index in [4.69, 9.17) is 14.8 Å². The predicted molar refractivity (Wildman–Crippen MR) is 119 cm³/mol. The van der Waals surface area contributed by atoms with Crippen molar-refractivity contribution in [3.8, 4) is 11.3 Å². The van der Waals surface area contributed by atoms with Crippen LogP contribution >= 0.6 is 7.34 Å². The monoisotopic (exact) mass is 410 g/mol. The van der Waals surface area contributed by atoms with Crippen LogP contribution in [0.2, 0.25) is 0 Å². The summed E-state index contributed by atoms with van der Waals surface area (Å²) in [5, 5.41) is 3.61. The third-order valence-electron chi connectivity index (χ3n) is 4.47. The van der Waals surface area contributed by atoms with Crippen molar-refractivity contribution in [2.45, 2.75) is 6.92 Å². The Morgan fingerprint density at radius 1 is 1.07 bits per heavy atom. The molecular formula is C21H23N4O3P. The van der Waals surface area contributed by atoms with Crippen LogP contribution in [0.4, 0.5) is 11.5 Å². The topological polar surface area (TPSA) is 99.4 Å². The lowest BCUT2D eigenvalue weighted by Crippen LogP contribution is -2.18. The van der Waals surface area contributed by atoms with E-state index in [1.807, 2.05) is 31.2 Å². The smallest absolute Gasteiger partial charge is 0.278 e. The lowest BCUT2D eigenvalue weighted by molar-refractivity contribution is 0.102. The molecule has 8 heteroatoms. The zero-order chi connectivity index (χ0) is 21.0. The van der Waals surface area contributed by atoms with Crippen molar-refractivity contribution in [3.63, 3.8) is 0 Å². The first kappa shape index (κ1) is 20.7. The molecule has 0 atom stereocenters. The number of anilines is 2. The number of benzene rings is 2. The summed E-state index contributed by atoms with van der Waals surface area (Å²) in [4.78, 5) is 21.3. The van der Waals surface area contributed by atoms with Crippen molar-refractivity contribution in [1.29, 1.82) is 0 Å². The molecule has 0 fully saturated rings. The molecule has 0 aliphatic heterocycles. The van der Waals surface area contributed by atoms with Crippen LogP contribution in [-0.2, 0) is 9.05 Å². The maximum atomic E-state index is 12.7. The molecule has 0 saturated carbocycles. The number of aromatic nitrogens is 2. The summed E-state index contributed by atoms with van der Waals surface area (Å²) >= 11 is 0. The molecule has 29 heavy (non-hydrogen) atoms. The van der Waals surface area contributed by atoms with Gasteiger partial charge >= 0.3 is 0 Å². The minimum atomic E-state index is -2.35. The molecule has 0 spiro atoms. The minimum Gasteiger partial charge on any atom is -0.382 e. The van der Waals surface area contributed by atoms with Gasteiger partial charge in [-0.1, -0.05) is 29.8 Å². The van der Waals surface area contributed by atoms with Crippen LogP contribution in [0.5, 0.6) is 0 Å². The highest BCUT2D eigenvalue weighted by atomic mass is 31.2. The first-order chi connectivity index (χ1) is 13.9. The van der Waals surface area contributed by atoms with Crippen molar-refractivity contribution in [2.75, 3.05) is 25.3 Å². The van der Waals surface area contributed by atoms with E-state index in [-0.39, 0.29) is 11.5 Å². The third kappa shape index (κ3) is 4.54. The molecule has 0 aliphatic rings. The summed E-state index contributed by atoms with van der Waals surface area (Å²) in [5.74, 6) is -0.373. The number of nitrogens with one attached hydrogen (secondary N) is 1. The molecule has 0 aliphatic carbocycles. The fourth-order valence-corrected chi connectivity index (χ4v) is 3.85. The molecule has 0 unspecified atom stereocenters. The Morgan fingerprint density at radius 2 is 1.69 bits per heavy atom. The van der Waals surface area contributed by atoms with E-state index < -0.39 is 13.2 Å². The van der Waals surface area contributed by atoms with Crippen molar-refractivity contribution in [2.24, 2.45) is 0 Å². The number of nitrogens with zero attached hydrogens (tertiary/aromatic N) is 2. The van der Waals surface area contributed by atoms with Gasteiger partial charge in [-0.3, -0.25) is 4.79 Å². The van der Waals surface area contributed by atoms with Gasteiger partial charge in [-0.2, -0.15) is 0 Å². The second-order valence-corrected chi connectivity index (χ2v) is 8.99. The fourth-order valence-electron chi connectivity index (χ4n) is 2.68. The average Bonchev–Trinajstić information content (AvgIpc) is 2.74. The quantitative estimate of drug-likeness (QED) is 0.604. The maximum absolute atomic E-state index is 12.7. The lowest BCUT2D eigenvalue weighted by Gasteiger charge is -2.20. The highest BCUT2D eigenvalue weighted by molar-refractivity contribution is 7.72. The molecule has 0 radical (unpaired) electrons. The number of amides is 1. The van der Waals surface area contributed by atoms with Gasteiger partial charge in [-0.15, -0.1) is 0 Å². The van der Waals surface area contributed by atoms with E-state index in [1.54, 1.807) is 44.7 Å². The van der Waals surface area contributed by atoms with Crippen LogP contribution in [0.3, 0.4) is 0 Å². The van der Waals surface area contributed by atoms with Crippen molar-refractivity contribution < 1.29 is 13.8 Å². The van der Waals surface area contributed by atoms with Crippen molar-refractivity contribution in [1.82, 2.24) is 9.97 Å². The number of carbonyl (C=O) groups excluding carboxylic acids is 1. The lowest BCUT2D eigenvalue weighted by atomic mass is 10.1. The number of rotatable bonds is 6. The Kier molecular flexibility index (Phi) is 6.13. The Labute approximate surface area is 170 Å². The number of hydrogen-bond acceptors (Lipinski definition) is 6. The van der Waals surface area contributed by atoms with Crippen molar-refractivity contribution >= 4 is 36.4 Å². The average molecular weight is 410 g/mol. The molecule has 3 rings (SSSR count). The van der Waals surface area contributed by atoms with Gasteiger partial charge in [-0.05, 0) is 37.5 Å². The summed E-state index contributed by atoms with van der Waals surface area (Å²) in [5.41, 5.74) is 9.11. The molecule has 150 valence electrons. The minimum absolute atomic E-state index is 0.0662. The second kappa shape index (κ2) is 8.57. The third-order valence-corrected chi connectivity index (χ3v) is 6.74. The van der Waals surface area contributed by atoms with E-state index in [0.717, 1.165) is 16.4 Å². The van der Waals surface area contributed by atoms with Crippen LogP contribution in [-0.4, -0.2) is 36.4 Å². The Hall–Kier alpha value is -2.99. The fraction of sp³-hybridized carbons (Fsp3) is 0.143. The number of nitrogen functional groups attached to an aromatic ring is 1. The first-order valence-corrected chi connectivity index (χ1v) is 10.6. The van der Waals surface area contributed by atoms with Crippen LogP contribution in [0, 0.1) is 6.92 Å². The van der Waals surface area contributed by atoms with E-state index in [2.05, 4.69) is 21.6 Å². The summed E-state index contributed by atoms with van der Waals surface area (Å²) < 4.78 is 10.8. The van der Waals surface area contributed by atoms with Crippen LogP contribution in [0.1, 0.15) is 16.1 Å². The highest BCUT2D eigenvalue weighted by Crippen LogP contribution is 2.44. The van der Waals surface area contributed by atoms with Gasteiger partial charge in [0.1, 0.15) is 7.34 Å². The highest BCUT2D eigenvalue weighted by Gasteiger charge is 2.17. The van der Waals surface area contributed by atoms with Gasteiger partial charge in [-0.25, -0.2) is 9.97 Å². The van der Waals surface area contributed by atoms with Gasteiger partial charge in [0, 0.05) is 30.8 Å². The molecule has 1 heterocycles. The summed E-state index contributed by atoms with van der Waals surface area (Å²) in [6, 6.07) is 14.9. The number of hydrogen-bond donors (Lipinski definition) is 2. The summed E-state index contributed by atoms with van der Waals surface area (Å²) in [6.45, 7) is 2.00. The largest absolute Gasteiger partial charge is 0.382 e. The van der Waals surface area contributed by atoms with Gasteiger partial charge in [0.25, 0.3) is 5.91 Å². The Bertz CT molecular complexity index is 1060. The van der Waals surface area contributed by atoms with Crippen LogP contribution in [0.15, 0.2) is 54.7 Å². The molecule has 1 amide bonds. The molecule has 2 aromatic carbocycles. The molecule has 7 nitrogen and oxygen atoms in total. The maximum Gasteiger partial charge on any atom is 0.278 e. The molecule has 0 bridgehead atoms. The molecule has 1 aromatic heterocycles. The SMILES string of the molecule is C=P(OC)(OC)c1ccc(NC(=O)c2nc(-c3ccc(C)cc3)cnc2N)cc1. The number of carbonyl (C=O) groups is 1. The van der Waals surface area contributed by atoms with Crippen LogP contribution in [0.25, 0.3) is 11.3 Å². The summed E-state index contributed by atoms with van der Waals surface area (Å²) in [6.07, 6.45) is 5.57.